The van der Waals surface area contributed by atoms with Crippen LogP contribution in [0.5, 0.6) is 10.9 Å². The normalized spacial score (nSPS) is 10.8. The van der Waals surface area contributed by atoms with Gasteiger partial charge in [0.1, 0.15) is 12.0 Å². The van der Waals surface area contributed by atoms with Crippen LogP contribution in [-0.2, 0) is 6.42 Å². The second kappa shape index (κ2) is 9.16. The third kappa shape index (κ3) is 4.84. The highest BCUT2D eigenvalue weighted by Crippen LogP contribution is 2.31. The molecule has 26 heavy (non-hydrogen) atoms. The molecular formula is C19H24ClN3O2S. The van der Waals surface area contributed by atoms with Gasteiger partial charge in [-0.2, -0.15) is 9.36 Å². The SMILES string of the molecule is CCN(C)CCc1cc(C)c(Oc2nc(-c3ccoc3)ns2)cc1C.Cl. The molecule has 0 amide bonds. The van der Waals surface area contributed by atoms with Crippen LogP contribution in [0.2, 0.25) is 0 Å². The van der Waals surface area contributed by atoms with E-state index in [1.807, 2.05) is 6.07 Å². The van der Waals surface area contributed by atoms with E-state index in [1.165, 1.54) is 22.7 Å². The minimum atomic E-state index is 0. The lowest BCUT2D eigenvalue weighted by atomic mass is 10.0. The van der Waals surface area contributed by atoms with Gasteiger partial charge in [-0.25, -0.2) is 0 Å². The standard InChI is InChI=1S/C19H23N3O2S.ClH/c1-5-22(4)8-6-15-10-14(3)17(11-13(15)2)24-19-20-18(21-25-19)16-7-9-23-12-16;/h7,9-12H,5-6,8H2,1-4H3;1H. The maximum atomic E-state index is 5.97. The van der Waals surface area contributed by atoms with Gasteiger partial charge in [0.05, 0.1) is 11.8 Å². The molecule has 0 aliphatic carbocycles. The Kier molecular flexibility index (Phi) is 7.20. The van der Waals surface area contributed by atoms with Gasteiger partial charge in [-0.3, -0.25) is 0 Å². The molecule has 0 radical (unpaired) electrons. The van der Waals surface area contributed by atoms with Crippen LogP contribution in [0, 0.1) is 13.8 Å². The summed E-state index contributed by atoms with van der Waals surface area (Å²) in [6.45, 7) is 8.50. The van der Waals surface area contributed by atoms with E-state index in [4.69, 9.17) is 9.15 Å². The Morgan fingerprint density at radius 2 is 2.04 bits per heavy atom. The summed E-state index contributed by atoms with van der Waals surface area (Å²) in [6.07, 6.45) is 4.28. The summed E-state index contributed by atoms with van der Waals surface area (Å²) in [4.78, 5) is 6.75. The molecule has 0 aliphatic rings. The van der Waals surface area contributed by atoms with Crippen LogP contribution in [0.3, 0.4) is 0 Å². The van der Waals surface area contributed by atoms with E-state index in [-0.39, 0.29) is 12.4 Å². The number of hydrogen-bond acceptors (Lipinski definition) is 6. The lowest BCUT2D eigenvalue weighted by Crippen LogP contribution is -2.20. The lowest BCUT2D eigenvalue weighted by Gasteiger charge is -2.16. The van der Waals surface area contributed by atoms with Crippen molar-refractivity contribution in [2.24, 2.45) is 0 Å². The largest absolute Gasteiger partial charge is 0.472 e. The van der Waals surface area contributed by atoms with Gasteiger partial charge in [-0.15, -0.1) is 12.4 Å². The summed E-state index contributed by atoms with van der Waals surface area (Å²) in [6, 6.07) is 6.14. The molecule has 0 saturated carbocycles. The van der Waals surface area contributed by atoms with Crippen LogP contribution in [0.25, 0.3) is 11.4 Å². The Morgan fingerprint density at radius 3 is 2.73 bits per heavy atom. The Bertz CT molecular complexity index is 833. The van der Waals surface area contributed by atoms with Gasteiger partial charge in [-0.05, 0) is 62.7 Å². The van der Waals surface area contributed by atoms with Crippen LogP contribution < -0.4 is 4.74 Å². The van der Waals surface area contributed by atoms with Crippen molar-refractivity contribution in [3.8, 4) is 22.3 Å². The molecule has 3 rings (SSSR count). The molecule has 7 heteroatoms. The van der Waals surface area contributed by atoms with Gasteiger partial charge < -0.3 is 14.1 Å². The number of hydrogen-bond donors (Lipinski definition) is 0. The number of nitrogens with zero attached hydrogens (tertiary/aromatic N) is 3. The molecule has 5 nitrogen and oxygen atoms in total. The number of aromatic nitrogens is 2. The first kappa shape index (κ1) is 20.4. The molecule has 2 aromatic heterocycles. The van der Waals surface area contributed by atoms with E-state index in [2.05, 4.69) is 54.2 Å². The summed E-state index contributed by atoms with van der Waals surface area (Å²) in [5, 5.41) is 0.539. The minimum absolute atomic E-state index is 0. The Labute approximate surface area is 164 Å². The fraction of sp³-hybridized carbons (Fsp3) is 0.368. The van der Waals surface area contributed by atoms with E-state index in [0.717, 1.165) is 36.4 Å². The highest BCUT2D eigenvalue weighted by Gasteiger charge is 2.12. The minimum Gasteiger partial charge on any atom is -0.472 e. The first-order valence-corrected chi connectivity index (χ1v) is 9.17. The van der Waals surface area contributed by atoms with Gasteiger partial charge >= 0.3 is 0 Å². The number of aryl methyl sites for hydroxylation is 2. The fourth-order valence-corrected chi connectivity index (χ4v) is 3.12. The summed E-state index contributed by atoms with van der Waals surface area (Å²) in [7, 11) is 2.15. The maximum absolute atomic E-state index is 5.97. The molecule has 2 heterocycles. The summed E-state index contributed by atoms with van der Waals surface area (Å²) in [5.41, 5.74) is 4.57. The monoisotopic (exact) mass is 393 g/mol. The van der Waals surface area contributed by atoms with Crippen LogP contribution in [0.4, 0.5) is 0 Å². The summed E-state index contributed by atoms with van der Waals surface area (Å²) < 4.78 is 15.4. The van der Waals surface area contributed by atoms with Gasteiger partial charge in [0, 0.05) is 18.1 Å². The van der Waals surface area contributed by atoms with Crippen LogP contribution >= 0.6 is 23.9 Å². The van der Waals surface area contributed by atoms with E-state index in [0.29, 0.717) is 11.0 Å². The smallest absolute Gasteiger partial charge is 0.299 e. The van der Waals surface area contributed by atoms with E-state index < -0.39 is 0 Å². The Morgan fingerprint density at radius 1 is 1.23 bits per heavy atom. The van der Waals surface area contributed by atoms with Crippen molar-refractivity contribution in [3.63, 3.8) is 0 Å². The second-order valence-corrected chi connectivity index (χ2v) is 6.90. The Hall–Kier alpha value is -1.89. The van der Waals surface area contributed by atoms with Gasteiger partial charge in [0.25, 0.3) is 5.19 Å². The predicted octanol–water partition coefficient (Wildman–Crippen LogP) is 5.12. The number of ether oxygens (including phenoxy) is 1. The van der Waals surface area contributed by atoms with Crippen LogP contribution in [0.15, 0.2) is 35.1 Å². The molecule has 140 valence electrons. The lowest BCUT2D eigenvalue weighted by molar-refractivity contribution is 0.357. The molecule has 0 N–H and O–H groups in total. The third-order valence-corrected chi connectivity index (χ3v) is 4.92. The van der Waals surface area contributed by atoms with Crippen molar-refractivity contribution in [1.82, 2.24) is 14.3 Å². The van der Waals surface area contributed by atoms with Crippen molar-refractivity contribution < 1.29 is 9.15 Å². The molecule has 0 bridgehead atoms. The highest BCUT2D eigenvalue weighted by molar-refractivity contribution is 7.07. The van der Waals surface area contributed by atoms with Crippen molar-refractivity contribution in [2.45, 2.75) is 27.2 Å². The third-order valence-electron chi connectivity index (χ3n) is 4.32. The number of halogens is 1. The zero-order chi connectivity index (χ0) is 17.8. The van der Waals surface area contributed by atoms with Gasteiger partial charge in [0.15, 0.2) is 5.82 Å². The predicted molar refractivity (Wildman–Crippen MR) is 108 cm³/mol. The maximum Gasteiger partial charge on any atom is 0.299 e. The fourth-order valence-electron chi connectivity index (χ4n) is 2.55. The zero-order valence-corrected chi connectivity index (χ0v) is 17.1. The van der Waals surface area contributed by atoms with Crippen molar-refractivity contribution >= 4 is 23.9 Å². The van der Waals surface area contributed by atoms with Crippen molar-refractivity contribution in [3.05, 3.63) is 47.4 Å². The van der Waals surface area contributed by atoms with Crippen LogP contribution in [0.1, 0.15) is 23.6 Å². The number of rotatable bonds is 7. The van der Waals surface area contributed by atoms with E-state index in [1.54, 1.807) is 12.5 Å². The van der Waals surface area contributed by atoms with Gasteiger partial charge in [-0.1, -0.05) is 13.0 Å². The molecule has 0 aliphatic heterocycles. The van der Waals surface area contributed by atoms with Crippen molar-refractivity contribution in [2.75, 3.05) is 20.1 Å². The number of furan rings is 1. The first-order chi connectivity index (χ1) is 12.1. The second-order valence-electron chi connectivity index (χ2n) is 6.19. The van der Waals surface area contributed by atoms with Gasteiger partial charge in [0.2, 0.25) is 0 Å². The molecule has 0 fully saturated rings. The molecule has 0 unspecified atom stereocenters. The summed E-state index contributed by atoms with van der Waals surface area (Å²) in [5.74, 6) is 1.46. The quantitative estimate of drug-likeness (QED) is 0.557. The number of benzene rings is 1. The van der Waals surface area contributed by atoms with E-state index in [9.17, 15) is 0 Å². The van der Waals surface area contributed by atoms with E-state index >= 15 is 0 Å². The number of likely N-dealkylation sites (N-methyl/N-ethyl adjacent to an activating group) is 1. The molecule has 0 atom stereocenters. The zero-order valence-electron chi connectivity index (χ0n) is 15.5. The molecule has 1 aromatic carbocycles. The first-order valence-electron chi connectivity index (χ1n) is 8.39. The average Bonchev–Trinajstić information content (AvgIpc) is 3.27. The molecular weight excluding hydrogens is 370 g/mol. The highest BCUT2D eigenvalue weighted by atomic mass is 35.5. The van der Waals surface area contributed by atoms with Crippen molar-refractivity contribution in [1.29, 1.82) is 0 Å². The topological polar surface area (TPSA) is 51.4 Å². The molecule has 3 aromatic rings. The summed E-state index contributed by atoms with van der Waals surface area (Å²) >= 11 is 1.25. The molecule has 0 saturated heterocycles. The molecule has 0 spiro atoms. The Balaban J connectivity index is 0.00000243. The van der Waals surface area contributed by atoms with Crippen LogP contribution in [-0.4, -0.2) is 34.4 Å². The average molecular weight is 394 g/mol.